The Morgan fingerprint density at radius 3 is 2.10 bits per heavy atom. The first-order valence-electron chi connectivity index (χ1n) is 8.63. The molecule has 2 aromatic carbocycles. The highest BCUT2D eigenvalue weighted by molar-refractivity contribution is 6.04. The first kappa shape index (κ1) is 24.0. The summed E-state index contributed by atoms with van der Waals surface area (Å²) in [6.45, 7) is 1.70. The molecule has 164 valence electrons. The number of halogens is 6. The van der Waals surface area contributed by atoms with Gasteiger partial charge in [0.2, 0.25) is 0 Å². The van der Waals surface area contributed by atoms with E-state index in [0.29, 0.717) is 23.4 Å². The van der Waals surface area contributed by atoms with E-state index in [0.717, 1.165) is 12.1 Å². The van der Waals surface area contributed by atoms with Gasteiger partial charge in [0.05, 0.1) is 5.71 Å². The summed E-state index contributed by atoms with van der Waals surface area (Å²) in [4.78, 5) is 16.2. The Morgan fingerprint density at radius 2 is 1.58 bits per heavy atom. The molecule has 2 N–H and O–H groups in total. The molecule has 0 atom stereocenters. The molecule has 0 aromatic heterocycles. The van der Waals surface area contributed by atoms with Crippen molar-refractivity contribution in [3.05, 3.63) is 65.2 Å². The number of aliphatic imine (C=N–C) groups is 1. The maximum absolute atomic E-state index is 12.9. The van der Waals surface area contributed by atoms with Gasteiger partial charge in [-0.05, 0) is 43.2 Å². The highest BCUT2D eigenvalue weighted by atomic mass is 19.4. The van der Waals surface area contributed by atoms with E-state index in [4.69, 9.17) is 0 Å². The summed E-state index contributed by atoms with van der Waals surface area (Å²) < 4.78 is 77.6. The predicted octanol–water partition coefficient (Wildman–Crippen LogP) is 4.69. The molecule has 0 saturated heterocycles. The van der Waals surface area contributed by atoms with Crippen LogP contribution in [-0.2, 0) is 5.60 Å². The van der Waals surface area contributed by atoms with Crippen molar-refractivity contribution in [3.63, 3.8) is 0 Å². The van der Waals surface area contributed by atoms with Gasteiger partial charge in [-0.25, -0.2) is 0 Å². The summed E-state index contributed by atoms with van der Waals surface area (Å²) >= 11 is 0. The van der Waals surface area contributed by atoms with Crippen molar-refractivity contribution in [2.45, 2.75) is 24.9 Å². The number of anilines is 1. The number of carbonyl (C=O) groups is 1. The molecule has 0 aliphatic rings. The number of nitrogens with one attached hydrogen (secondary N) is 1. The maximum Gasteiger partial charge on any atom is 0.430 e. The van der Waals surface area contributed by atoms with Gasteiger partial charge in [0.25, 0.3) is 11.5 Å². The topological polar surface area (TPSA) is 61.7 Å². The van der Waals surface area contributed by atoms with E-state index in [2.05, 4.69) is 22.2 Å². The zero-order valence-electron chi connectivity index (χ0n) is 16.2. The molecule has 31 heavy (non-hydrogen) atoms. The van der Waals surface area contributed by atoms with Crippen LogP contribution in [0.3, 0.4) is 0 Å². The maximum atomic E-state index is 12.9. The van der Waals surface area contributed by atoms with Gasteiger partial charge in [-0.1, -0.05) is 24.1 Å². The first-order chi connectivity index (χ1) is 14.3. The quantitative estimate of drug-likeness (QED) is 0.412. The number of aliphatic hydroxyl groups is 1. The van der Waals surface area contributed by atoms with E-state index >= 15 is 0 Å². The molecular formula is C21H16F6N2O2. The zero-order valence-corrected chi connectivity index (χ0v) is 16.2. The molecule has 0 bridgehead atoms. The second kappa shape index (κ2) is 8.81. The monoisotopic (exact) mass is 442 g/mol. The number of carbonyl (C=O) groups excluding carboxylic acids is 1. The molecule has 0 heterocycles. The van der Waals surface area contributed by atoms with Gasteiger partial charge in [0.1, 0.15) is 0 Å². The Labute approximate surface area is 173 Å². The highest BCUT2D eigenvalue weighted by Crippen LogP contribution is 2.50. The van der Waals surface area contributed by atoms with Crippen molar-refractivity contribution in [1.82, 2.24) is 0 Å². The van der Waals surface area contributed by atoms with Crippen LogP contribution < -0.4 is 5.32 Å². The van der Waals surface area contributed by atoms with E-state index in [9.17, 15) is 36.2 Å². The van der Waals surface area contributed by atoms with E-state index < -0.39 is 29.4 Å². The fraction of sp³-hybridized carbons (Fsp3) is 0.238. The molecule has 0 fully saturated rings. The molecule has 2 aromatic rings. The average molecular weight is 442 g/mol. The molecule has 0 aliphatic heterocycles. The van der Waals surface area contributed by atoms with Gasteiger partial charge in [-0.2, -0.15) is 26.3 Å². The minimum Gasteiger partial charge on any atom is -0.369 e. The van der Waals surface area contributed by atoms with Gasteiger partial charge in [-0.3, -0.25) is 9.79 Å². The third kappa shape index (κ3) is 5.24. The fourth-order valence-electron chi connectivity index (χ4n) is 2.44. The molecule has 4 nitrogen and oxygen atoms in total. The normalized spacial score (nSPS) is 12.7. The van der Waals surface area contributed by atoms with Crippen LogP contribution in [0.5, 0.6) is 0 Å². The molecule has 0 radical (unpaired) electrons. The molecule has 0 saturated carbocycles. The van der Waals surface area contributed by atoms with Crippen LogP contribution in [0, 0.1) is 11.8 Å². The molecule has 1 amide bonds. The third-order valence-electron chi connectivity index (χ3n) is 4.23. The van der Waals surface area contributed by atoms with Crippen LogP contribution in [0.15, 0.2) is 53.5 Å². The fourth-order valence-corrected chi connectivity index (χ4v) is 2.44. The Balaban J connectivity index is 2.25. The Bertz CT molecular complexity index is 1030. The summed E-state index contributed by atoms with van der Waals surface area (Å²) in [5.74, 6) is 4.92. The van der Waals surface area contributed by atoms with Crippen molar-refractivity contribution in [2.24, 2.45) is 4.99 Å². The summed E-state index contributed by atoms with van der Waals surface area (Å²) in [5, 5.41) is 11.7. The van der Waals surface area contributed by atoms with E-state index in [1.54, 1.807) is 26.1 Å². The highest BCUT2D eigenvalue weighted by Gasteiger charge is 2.71. The van der Waals surface area contributed by atoms with E-state index in [-0.39, 0.29) is 11.3 Å². The Hall–Kier alpha value is -3.32. The minimum atomic E-state index is -5.99. The second-order valence-corrected chi connectivity index (χ2v) is 6.38. The van der Waals surface area contributed by atoms with Crippen molar-refractivity contribution in [3.8, 4) is 11.8 Å². The Kier molecular flexibility index (Phi) is 6.81. The largest absolute Gasteiger partial charge is 0.430 e. The van der Waals surface area contributed by atoms with Crippen molar-refractivity contribution >= 4 is 17.3 Å². The summed E-state index contributed by atoms with van der Waals surface area (Å²) in [6, 6.07) is 8.70. The lowest BCUT2D eigenvalue weighted by Gasteiger charge is -2.32. The van der Waals surface area contributed by atoms with Crippen LogP contribution in [0.1, 0.15) is 28.4 Å². The van der Waals surface area contributed by atoms with Crippen molar-refractivity contribution < 1.29 is 36.2 Å². The van der Waals surface area contributed by atoms with Crippen LogP contribution >= 0.6 is 0 Å². The molecule has 0 aliphatic carbocycles. The van der Waals surface area contributed by atoms with Crippen LogP contribution in [0.2, 0.25) is 0 Å². The van der Waals surface area contributed by atoms with Crippen LogP contribution in [-0.4, -0.2) is 36.1 Å². The average Bonchev–Trinajstić information content (AvgIpc) is 2.70. The number of hydrogen-bond acceptors (Lipinski definition) is 3. The number of hydrogen-bond donors (Lipinski definition) is 2. The van der Waals surface area contributed by atoms with Gasteiger partial charge in [0, 0.05) is 29.4 Å². The minimum absolute atomic E-state index is 0.0640. The van der Waals surface area contributed by atoms with Crippen LogP contribution in [0.4, 0.5) is 32.0 Å². The zero-order chi connectivity index (χ0) is 23.4. The van der Waals surface area contributed by atoms with Crippen molar-refractivity contribution in [1.29, 1.82) is 0 Å². The lowest BCUT2D eigenvalue weighted by atomic mass is 9.92. The summed E-state index contributed by atoms with van der Waals surface area (Å²) in [7, 11) is 1.57. The van der Waals surface area contributed by atoms with Crippen LogP contribution in [0.25, 0.3) is 0 Å². The summed E-state index contributed by atoms with van der Waals surface area (Å²) in [5.41, 5.74) is -5.26. The molecular weight excluding hydrogens is 426 g/mol. The number of alkyl halides is 6. The summed E-state index contributed by atoms with van der Waals surface area (Å²) in [6.07, 6.45) is -12.0. The lowest BCUT2D eigenvalue weighted by molar-refractivity contribution is -0.376. The Morgan fingerprint density at radius 1 is 1.00 bits per heavy atom. The van der Waals surface area contributed by atoms with Gasteiger partial charge >= 0.3 is 12.4 Å². The number of amides is 1. The third-order valence-corrected chi connectivity index (χ3v) is 4.23. The first-order valence-corrected chi connectivity index (χ1v) is 8.63. The van der Waals surface area contributed by atoms with Gasteiger partial charge < -0.3 is 10.4 Å². The van der Waals surface area contributed by atoms with Gasteiger partial charge in [0.15, 0.2) is 0 Å². The second-order valence-electron chi connectivity index (χ2n) is 6.38. The van der Waals surface area contributed by atoms with E-state index in [1.165, 1.54) is 12.1 Å². The molecule has 0 unspecified atom stereocenters. The number of nitrogens with zero attached hydrogens (tertiary/aromatic N) is 1. The molecule has 2 rings (SSSR count). The van der Waals surface area contributed by atoms with E-state index in [1.807, 2.05) is 0 Å². The standard InChI is InChI=1S/C21H16F6N2O2/c1-13(28-2)6-7-14-4-3-5-15(12-14)18(30)29-17-10-8-16(9-11-17)19(31,20(22,23)24)21(25,26)27/h3-5,8-12,31H,1-2H3,(H,29,30). The predicted molar refractivity (Wildman–Crippen MR) is 103 cm³/mol. The molecule has 10 heteroatoms. The number of rotatable bonds is 3. The molecule has 0 spiro atoms. The van der Waals surface area contributed by atoms with Gasteiger partial charge in [-0.15, -0.1) is 0 Å². The lowest BCUT2D eigenvalue weighted by Crippen LogP contribution is -2.53. The van der Waals surface area contributed by atoms with Crippen molar-refractivity contribution in [2.75, 3.05) is 12.4 Å². The number of benzene rings is 2. The smallest absolute Gasteiger partial charge is 0.369 e. The SMILES string of the molecule is CN=C(C)C#Cc1cccc(C(=O)Nc2ccc(C(O)(C(F)(F)F)C(F)(F)F)cc2)c1.